The summed E-state index contributed by atoms with van der Waals surface area (Å²) in [6, 6.07) is 5.70. The molecule has 0 aliphatic carbocycles. The molecule has 0 spiro atoms. The van der Waals surface area contributed by atoms with Gasteiger partial charge in [-0.25, -0.2) is 9.59 Å². The molecule has 28 heavy (non-hydrogen) atoms. The number of rotatable bonds is 4. The average molecular weight is 391 g/mol. The van der Waals surface area contributed by atoms with Crippen LogP contribution < -0.4 is 5.43 Å². The Kier molecular flexibility index (Phi) is 5.66. The lowest BCUT2D eigenvalue weighted by atomic mass is 9.92. The van der Waals surface area contributed by atoms with Gasteiger partial charge in [0.2, 0.25) is 0 Å². The van der Waals surface area contributed by atoms with E-state index < -0.39 is 29.1 Å². The summed E-state index contributed by atoms with van der Waals surface area (Å²) in [6.45, 7) is -0.0765. The first kappa shape index (κ1) is 19.5. The highest BCUT2D eigenvalue weighted by molar-refractivity contribution is 6.38. The van der Waals surface area contributed by atoms with E-state index in [0.717, 1.165) is 0 Å². The maximum atomic E-state index is 12.0. The molecule has 3 rings (SSSR count). The molecule has 0 radical (unpaired) electrons. The summed E-state index contributed by atoms with van der Waals surface area (Å²) in [5.74, 6) is -2.01. The first-order valence-corrected chi connectivity index (χ1v) is 8.17. The van der Waals surface area contributed by atoms with E-state index in [-0.39, 0.29) is 30.3 Å². The molecule has 0 saturated carbocycles. The van der Waals surface area contributed by atoms with Gasteiger partial charge in [-0.1, -0.05) is 0 Å². The molecule has 0 aromatic heterocycles. The molecule has 2 heterocycles. The Balaban J connectivity index is 1.89. The lowest BCUT2D eigenvalue weighted by molar-refractivity contribution is -0.384. The van der Waals surface area contributed by atoms with Crippen LogP contribution in [-0.4, -0.2) is 50.0 Å². The van der Waals surface area contributed by atoms with Crippen LogP contribution in [0, 0.1) is 16.0 Å². The summed E-state index contributed by atoms with van der Waals surface area (Å²) >= 11 is 0. The molecule has 1 aromatic rings. The van der Waals surface area contributed by atoms with Crippen molar-refractivity contribution in [3.05, 3.63) is 51.2 Å². The Labute approximate surface area is 159 Å². The Morgan fingerprint density at radius 1 is 1.18 bits per heavy atom. The van der Waals surface area contributed by atoms with Gasteiger partial charge >= 0.3 is 11.9 Å². The number of hydrogen-bond acceptors (Lipinski definition) is 10. The number of carbonyl (C=O) groups is 2. The topological polar surface area (TPSA) is 139 Å². The van der Waals surface area contributed by atoms with Gasteiger partial charge in [0.1, 0.15) is 5.70 Å². The number of esters is 2. The van der Waals surface area contributed by atoms with Crippen LogP contribution in [0.5, 0.6) is 0 Å². The highest BCUT2D eigenvalue weighted by Gasteiger charge is 2.38. The number of methoxy groups -OCH3 is 2. The van der Waals surface area contributed by atoms with E-state index in [2.05, 4.69) is 10.5 Å². The largest absolute Gasteiger partial charge is 0.464 e. The van der Waals surface area contributed by atoms with Crippen molar-refractivity contribution in [3.63, 3.8) is 0 Å². The summed E-state index contributed by atoms with van der Waals surface area (Å²) in [4.78, 5) is 34.4. The zero-order valence-corrected chi connectivity index (χ0v) is 15.0. The number of nitrogens with one attached hydrogen (secondary N) is 1. The van der Waals surface area contributed by atoms with Crippen molar-refractivity contribution in [3.8, 4) is 0 Å². The van der Waals surface area contributed by atoms with E-state index in [1.54, 1.807) is 0 Å². The Hall–Kier alpha value is -3.31. The standard InChI is InChI=1S/C17H17N3O8/c1-25-15(21)13-11-7-27-17(9-3-5-10(6-4-9)20(23)24)28-8-12(11)14(19-18-13)16(22)26-2/h3-6,11,17,19H,7-8H2,1-2H3/t11-,17+/m0/s1. The molecule has 0 unspecified atom stereocenters. The molecule has 1 saturated heterocycles. The van der Waals surface area contributed by atoms with E-state index >= 15 is 0 Å². The minimum absolute atomic E-state index is 0.0207. The van der Waals surface area contributed by atoms with Gasteiger partial charge in [0.25, 0.3) is 5.69 Å². The number of ether oxygens (including phenoxy) is 4. The molecule has 0 amide bonds. The van der Waals surface area contributed by atoms with Gasteiger partial charge in [-0.05, 0) is 17.7 Å². The fraction of sp³-hybridized carbons (Fsp3) is 0.353. The molecule has 148 valence electrons. The highest BCUT2D eigenvalue weighted by Crippen LogP contribution is 2.32. The molecule has 11 heteroatoms. The summed E-state index contributed by atoms with van der Waals surface area (Å²) in [5, 5.41) is 14.7. The number of carbonyl (C=O) groups excluding carboxylic acids is 2. The number of hydrogen-bond donors (Lipinski definition) is 1. The molecule has 1 N–H and O–H groups in total. The predicted molar refractivity (Wildman–Crippen MR) is 92.9 cm³/mol. The molecule has 1 fully saturated rings. The zero-order chi connectivity index (χ0) is 20.3. The molecule has 0 bridgehead atoms. The summed E-state index contributed by atoms with van der Waals surface area (Å²) in [7, 11) is 2.44. The van der Waals surface area contributed by atoms with Crippen LogP contribution in [0.3, 0.4) is 0 Å². The van der Waals surface area contributed by atoms with Crippen molar-refractivity contribution in [2.45, 2.75) is 6.29 Å². The first-order valence-electron chi connectivity index (χ1n) is 8.17. The molecule has 1 aromatic carbocycles. The van der Waals surface area contributed by atoms with Crippen molar-refractivity contribution in [2.75, 3.05) is 27.4 Å². The maximum Gasteiger partial charge on any atom is 0.356 e. The van der Waals surface area contributed by atoms with Crippen LogP contribution in [0.2, 0.25) is 0 Å². The van der Waals surface area contributed by atoms with E-state index in [4.69, 9.17) is 18.9 Å². The number of benzene rings is 1. The van der Waals surface area contributed by atoms with Crippen LogP contribution in [0.25, 0.3) is 0 Å². The number of hydrazone groups is 1. The predicted octanol–water partition coefficient (Wildman–Crippen LogP) is 0.816. The monoisotopic (exact) mass is 391 g/mol. The number of nitro groups is 1. The van der Waals surface area contributed by atoms with Gasteiger partial charge in [-0.2, -0.15) is 5.10 Å². The third-order valence-corrected chi connectivity index (χ3v) is 4.32. The van der Waals surface area contributed by atoms with Gasteiger partial charge < -0.3 is 18.9 Å². The maximum absolute atomic E-state index is 12.0. The van der Waals surface area contributed by atoms with Gasteiger partial charge in [0, 0.05) is 17.7 Å². The minimum Gasteiger partial charge on any atom is -0.464 e. The van der Waals surface area contributed by atoms with Gasteiger partial charge in [-0.15, -0.1) is 0 Å². The lowest BCUT2D eigenvalue weighted by Gasteiger charge is -2.24. The van der Waals surface area contributed by atoms with Crippen LogP contribution in [-0.2, 0) is 28.5 Å². The molecule has 2 aliphatic heterocycles. The van der Waals surface area contributed by atoms with E-state index in [9.17, 15) is 19.7 Å². The second-order valence-electron chi connectivity index (χ2n) is 5.87. The Morgan fingerprint density at radius 3 is 2.46 bits per heavy atom. The van der Waals surface area contributed by atoms with Crippen LogP contribution in [0.1, 0.15) is 11.9 Å². The Bertz CT molecular complexity index is 862. The van der Waals surface area contributed by atoms with Crippen molar-refractivity contribution in [2.24, 2.45) is 11.0 Å². The molecular formula is C17H17N3O8. The van der Waals surface area contributed by atoms with Crippen molar-refractivity contribution >= 4 is 23.3 Å². The lowest BCUT2D eigenvalue weighted by Crippen LogP contribution is -2.39. The van der Waals surface area contributed by atoms with Crippen LogP contribution >= 0.6 is 0 Å². The fourth-order valence-corrected chi connectivity index (χ4v) is 2.87. The summed E-state index contributed by atoms with van der Waals surface area (Å²) in [6.07, 6.45) is -0.850. The Morgan fingerprint density at radius 2 is 1.86 bits per heavy atom. The van der Waals surface area contributed by atoms with Gasteiger partial charge in [-0.3, -0.25) is 15.5 Å². The van der Waals surface area contributed by atoms with Crippen LogP contribution in [0.15, 0.2) is 40.6 Å². The van der Waals surface area contributed by atoms with E-state index in [0.29, 0.717) is 11.1 Å². The van der Waals surface area contributed by atoms with E-state index in [1.807, 2.05) is 0 Å². The average Bonchev–Trinajstić information content (AvgIpc) is 2.95. The summed E-state index contributed by atoms with van der Waals surface area (Å²) in [5.41, 5.74) is 3.54. The highest BCUT2D eigenvalue weighted by atomic mass is 16.7. The number of non-ortho nitro benzene ring substituents is 1. The van der Waals surface area contributed by atoms with Crippen molar-refractivity contribution in [1.82, 2.24) is 5.43 Å². The second-order valence-corrected chi connectivity index (χ2v) is 5.87. The SMILES string of the molecule is COC(=O)C1=NNC(C(=O)OC)=C2CO[C@H](c3ccc([N+](=O)[O-])cc3)OC[C@H]12. The molecule has 11 nitrogen and oxygen atoms in total. The third kappa shape index (κ3) is 3.70. The third-order valence-electron chi connectivity index (χ3n) is 4.32. The molecular weight excluding hydrogens is 374 g/mol. The molecule has 2 atom stereocenters. The fourth-order valence-electron chi connectivity index (χ4n) is 2.87. The normalized spacial score (nSPS) is 21.6. The van der Waals surface area contributed by atoms with Crippen LogP contribution in [0.4, 0.5) is 5.69 Å². The quantitative estimate of drug-likeness (QED) is 0.449. The van der Waals surface area contributed by atoms with Crippen molar-refractivity contribution in [1.29, 1.82) is 0 Å². The van der Waals surface area contributed by atoms with Crippen molar-refractivity contribution < 1.29 is 33.5 Å². The smallest absolute Gasteiger partial charge is 0.356 e. The second kappa shape index (κ2) is 8.15. The van der Waals surface area contributed by atoms with E-state index in [1.165, 1.54) is 38.5 Å². The molecule has 2 aliphatic rings. The first-order chi connectivity index (χ1) is 13.5. The van der Waals surface area contributed by atoms with Gasteiger partial charge in [0.15, 0.2) is 12.0 Å². The number of fused-ring (bicyclic) bond motifs is 1. The summed E-state index contributed by atoms with van der Waals surface area (Å²) < 4.78 is 21.0. The minimum atomic E-state index is -0.850. The number of nitro benzene ring substituents is 1. The number of nitrogens with zero attached hydrogens (tertiary/aromatic N) is 2. The zero-order valence-electron chi connectivity index (χ0n) is 15.0. The van der Waals surface area contributed by atoms with Gasteiger partial charge in [0.05, 0.1) is 38.3 Å².